The fourth-order valence-corrected chi connectivity index (χ4v) is 4.86. The summed E-state index contributed by atoms with van der Waals surface area (Å²) in [6, 6.07) is 15.4. The zero-order valence-corrected chi connectivity index (χ0v) is 21.2. The van der Waals surface area contributed by atoms with Gasteiger partial charge in [0.25, 0.3) is 11.6 Å². The third kappa shape index (κ3) is 5.44. The van der Waals surface area contributed by atoms with Crippen molar-refractivity contribution in [3.05, 3.63) is 96.9 Å². The van der Waals surface area contributed by atoms with Crippen LogP contribution in [0.2, 0.25) is 0 Å². The highest BCUT2D eigenvalue weighted by Crippen LogP contribution is 2.40. The van der Waals surface area contributed by atoms with E-state index in [0.717, 1.165) is 29.4 Å². The molecule has 4 rings (SSSR count). The number of carbonyl (C=O) groups excluding carboxylic acids is 1. The van der Waals surface area contributed by atoms with E-state index >= 15 is 0 Å². The minimum atomic E-state index is -0.756. The molecule has 0 spiro atoms. The van der Waals surface area contributed by atoms with Gasteiger partial charge in [-0.1, -0.05) is 48.2 Å². The van der Waals surface area contributed by atoms with Crippen LogP contribution in [0.4, 0.5) is 17.1 Å². The highest BCUT2D eigenvalue weighted by Gasteiger charge is 2.34. The summed E-state index contributed by atoms with van der Waals surface area (Å²) < 4.78 is 11.8. The van der Waals surface area contributed by atoms with Crippen molar-refractivity contribution in [2.45, 2.75) is 13.8 Å². The number of aryl methyl sites for hydroxylation is 1. The first-order chi connectivity index (χ1) is 17.7. The average molecular weight is 538 g/mol. The summed E-state index contributed by atoms with van der Waals surface area (Å²) in [5.41, 5.74) is 1.28. The first kappa shape index (κ1) is 25.8. The standard InChI is InChI=1S/C25H19N3O7S2/c1-3-34-22-12-16(13-23-24(29)26(25(36)37-23)18-7-5-4-6-15(18)2)8-10-21(22)35-20-11-9-17(27(30)31)14-19(20)28(32)33/h4-14H,3H2,1-2H3. The number of anilines is 1. The second-order valence-electron chi connectivity index (χ2n) is 7.71. The lowest BCUT2D eigenvalue weighted by Gasteiger charge is -2.16. The van der Waals surface area contributed by atoms with E-state index in [1.54, 1.807) is 31.2 Å². The number of carbonyl (C=O) groups is 1. The molecule has 1 saturated heterocycles. The summed E-state index contributed by atoms with van der Waals surface area (Å²) in [6.07, 6.45) is 1.68. The van der Waals surface area contributed by atoms with Crippen LogP contribution in [0.5, 0.6) is 17.2 Å². The Morgan fingerprint density at radius 2 is 1.73 bits per heavy atom. The van der Waals surface area contributed by atoms with Crippen LogP contribution in [-0.2, 0) is 4.79 Å². The number of non-ortho nitro benzene ring substituents is 1. The summed E-state index contributed by atoms with van der Waals surface area (Å²) in [5.74, 6) is 0.0224. The molecule has 0 saturated carbocycles. The Morgan fingerprint density at radius 1 is 1.00 bits per heavy atom. The van der Waals surface area contributed by atoms with E-state index < -0.39 is 21.2 Å². The Labute approximate surface area is 220 Å². The fraction of sp³-hybridized carbons (Fsp3) is 0.120. The van der Waals surface area contributed by atoms with Crippen LogP contribution < -0.4 is 14.4 Å². The molecular formula is C25H19N3O7S2. The number of para-hydroxylation sites is 1. The van der Waals surface area contributed by atoms with E-state index in [2.05, 4.69) is 0 Å². The molecule has 3 aromatic rings. The third-order valence-corrected chi connectivity index (χ3v) is 6.59. The Morgan fingerprint density at radius 3 is 2.41 bits per heavy atom. The summed E-state index contributed by atoms with van der Waals surface area (Å²) in [5, 5.41) is 22.5. The number of benzene rings is 3. The highest BCUT2D eigenvalue weighted by atomic mass is 32.2. The smallest absolute Gasteiger partial charge is 0.318 e. The maximum absolute atomic E-state index is 13.2. The van der Waals surface area contributed by atoms with E-state index in [1.165, 1.54) is 16.7 Å². The van der Waals surface area contributed by atoms with Crippen molar-refractivity contribution >= 4 is 57.3 Å². The third-order valence-electron chi connectivity index (χ3n) is 5.29. The number of nitrogens with zero attached hydrogens (tertiary/aromatic N) is 3. The van der Waals surface area contributed by atoms with Crippen LogP contribution in [0.25, 0.3) is 6.08 Å². The molecule has 0 aliphatic carbocycles. The zero-order chi connectivity index (χ0) is 26.7. The fourth-order valence-electron chi connectivity index (χ4n) is 3.57. The Hall–Kier alpha value is -4.29. The number of nitro groups is 2. The maximum Gasteiger partial charge on any atom is 0.318 e. The predicted molar refractivity (Wildman–Crippen MR) is 144 cm³/mol. The van der Waals surface area contributed by atoms with Gasteiger partial charge in [0.1, 0.15) is 0 Å². The predicted octanol–water partition coefficient (Wildman–Crippen LogP) is 6.41. The molecule has 0 N–H and O–H groups in total. The molecule has 1 heterocycles. The quantitative estimate of drug-likeness (QED) is 0.139. The van der Waals surface area contributed by atoms with Gasteiger partial charge in [-0.3, -0.25) is 29.9 Å². The molecule has 1 amide bonds. The monoisotopic (exact) mass is 537 g/mol. The van der Waals surface area contributed by atoms with Crippen molar-refractivity contribution in [1.82, 2.24) is 0 Å². The topological polar surface area (TPSA) is 125 Å². The van der Waals surface area contributed by atoms with Gasteiger partial charge in [0, 0.05) is 6.07 Å². The van der Waals surface area contributed by atoms with Crippen LogP contribution >= 0.6 is 24.0 Å². The molecule has 0 atom stereocenters. The van der Waals surface area contributed by atoms with Crippen LogP contribution in [0.15, 0.2) is 65.6 Å². The number of amides is 1. The minimum absolute atomic E-state index is 0.170. The van der Waals surface area contributed by atoms with Gasteiger partial charge in [-0.05, 0) is 55.3 Å². The molecule has 1 aliphatic heterocycles. The molecular weight excluding hydrogens is 518 g/mol. The SMILES string of the molecule is CCOc1cc(C=C2SC(=S)N(c3ccccc3C)C2=O)ccc1Oc1ccc([N+](=O)[O-])cc1[N+](=O)[O-]. The van der Waals surface area contributed by atoms with Crippen LogP contribution in [-0.4, -0.2) is 26.7 Å². The van der Waals surface area contributed by atoms with Crippen LogP contribution in [0.3, 0.4) is 0 Å². The van der Waals surface area contributed by atoms with Crippen molar-refractivity contribution in [2.75, 3.05) is 11.5 Å². The van der Waals surface area contributed by atoms with Gasteiger partial charge in [-0.25, -0.2) is 0 Å². The van der Waals surface area contributed by atoms with E-state index in [0.29, 0.717) is 14.8 Å². The van der Waals surface area contributed by atoms with Crippen molar-refractivity contribution < 1.29 is 24.1 Å². The van der Waals surface area contributed by atoms with Gasteiger partial charge in [0.15, 0.2) is 15.8 Å². The summed E-state index contributed by atoms with van der Waals surface area (Å²) in [4.78, 5) is 36.1. The van der Waals surface area contributed by atoms with E-state index in [4.69, 9.17) is 21.7 Å². The van der Waals surface area contributed by atoms with Gasteiger partial charge in [0.2, 0.25) is 5.75 Å². The molecule has 1 fully saturated rings. The van der Waals surface area contributed by atoms with Gasteiger partial charge >= 0.3 is 5.69 Å². The molecule has 3 aromatic carbocycles. The zero-order valence-electron chi connectivity index (χ0n) is 19.6. The second-order valence-corrected chi connectivity index (χ2v) is 9.39. The molecule has 10 nitrogen and oxygen atoms in total. The van der Waals surface area contributed by atoms with Crippen molar-refractivity contribution in [2.24, 2.45) is 0 Å². The van der Waals surface area contributed by atoms with Gasteiger partial charge in [-0.15, -0.1) is 0 Å². The van der Waals surface area contributed by atoms with Crippen LogP contribution in [0, 0.1) is 27.2 Å². The molecule has 0 aromatic heterocycles. The van der Waals surface area contributed by atoms with Gasteiger partial charge in [0.05, 0.1) is 33.1 Å². The number of hydrogen-bond acceptors (Lipinski definition) is 9. The normalized spacial score (nSPS) is 14.2. The molecule has 0 bridgehead atoms. The van der Waals surface area contributed by atoms with E-state index in [9.17, 15) is 25.0 Å². The number of hydrogen-bond donors (Lipinski definition) is 0. The maximum atomic E-state index is 13.2. The summed E-state index contributed by atoms with van der Waals surface area (Å²) in [7, 11) is 0. The van der Waals surface area contributed by atoms with Gasteiger partial charge < -0.3 is 9.47 Å². The number of rotatable bonds is 8. The Balaban J connectivity index is 1.65. The largest absolute Gasteiger partial charge is 0.490 e. The Kier molecular flexibility index (Phi) is 7.50. The lowest BCUT2D eigenvalue weighted by Crippen LogP contribution is -2.28. The van der Waals surface area contributed by atoms with Crippen LogP contribution in [0.1, 0.15) is 18.1 Å². The number of thiocarbonyl (C=S) groups is 1. The molecule has 1 aliphatic rings. The van der Waals surface area contributed by atoms with Crippen molar-refractivity contribution in [1.29, 1.82) is 0 Å². The highest BCUT2D eigenvalue weighted by molar-refractivity contribution is 8.27. The number of ether oxygens (including phenoxy) is 2. The molecule has 0 radical (unpaired) electrons. The summed E-state index contributed by atoms with van der Waals surface area (Å²) in [6.45, 7) is 3.94. The summed E-state index contributed by atoms with van der Waals surface area (Å²) >= 11 is 6.64. The lowest BCUT2D eigenvalue weighted by atomic mass is 10.1. The van der Waals surface area contributed by atoms with Crippen molar-refractivity contribution in [3.8, 4) is 17.2 Å². The Bertz CT molecular complexity index is 1470. The van der Waals surface area contributed by atoms with Crippen molar-refractivity contribution in [3.63, 3.8) is 0 Å². The van der Waals surface area contributed by atoms with Gasteiger partial charge in [-0.2, -0.15) is 0 Å². The second kappa shape index (κ2) is 10.8. The molecule has 37 heavy (non-hydrogen) atoms. The van der Waals surface area contributed by atoms with E-state index in [-0.39, 0.29) is 29.8 Å². The van der Waals surface area contributed by atoms with E-state index in [1.807, 2.05) is 31.2 Å². The molecule has 12 heteroatoms. The minimum Gasteiger partial charge on any atom is -0.490 e. The number of thioether (sulfide) groups is 1. The lowest BCUT2D eigenvalue weighted by molar-refractivity contribution is -0.394. The molecule has 0 unspecified atom stereocenters. The first-order valence-corrected chi connectivity index (χ1v) is 12.1. The number of nitro benzene ring substituents is 2. The average Bonchev–Trinajstić information content (AvgIpc) is 3.13. The first-order valence-electron chi connectivity index (χ1n) is 10.9. The molecule has 188 valence electrons.